The van der Waals surface area contributed by atoms with Gasteiger partial charge in [-0.3, -0.25) is 9.78 Å². The normalized spacial score (nSPS) is 11.4. The lowest BCUT2D eigenvalue weighted by molar-refractivity contribution is -0.141. The van der Waals surface area contributed by atoms with Crippen molar-refractivity contribution in [1.82, 2.24) is 9.88 Å². The molecular formula is C11H13F3N2O2. The predicted octanol–water partition coefficient (Wildman–Crippen LogP) is 1.39. The molecule has 1 aromatic rings. The topological polar surface area (TPSA) is 53.4 Å². The maximum atomic E-state index is 12.3. The zero-order valence-electron chi connectivity index (χ0n) is 9.74. The van der Waals surface area contributed by atoms with Gasteiger partial charge in [-0.2, -0.15) is 13.2 Å². The van der Waals surface area contributed by atoms with Crippen LogP contribution in [0.15, 0.2) is 18.3 Å². The summed E-state index contributed by atoms with van der Waals surface area (Å²) < 4.78 is 36.8. The minimum absolute atomic E-state index is 0.0679. The molecule has 1 N–H and O–H groups in total. The highest BCUT2D eigenvalue weighted by Crippen LogP contribution is 2.17. The Bertz CT molecular complexity index is 404. The number of carbonyl (C=O) groups excluding carboxylic acids is 1. The maximum absolute atomic E-state index is 12.3. The summed E-state index contributed by atoms with van der Waals surface area (Å²) >= 11 is 0. The Morgan fingerprint density at radius 1 is 1.44 bits per heavy atom. The first kappa shape index (κ1) is 14.4. The van der Waals surface area contributed by atoms with Crippen LogP contribution in [0, 0.1) is 6.92 Å². The quantitative estimate of drug-likeness (QED) is 0.892. The van der Waals surface area contributed by atoms with Crippen LogP contribution in [-0.4, -0.2) is 46.8 Å². The molecule has 0 aliphatic carbocycles. The van der Waals surface area contributed by atoms with Gasteiger partial charge in [-0.05, 0) is 19.1 Å². The zero-order chi connectivity index (χ0) is 13.8. The number of aryl methyl sites for hydroxylation is 1. The fraction of sp³-hybridized carbons (Fsp3) is 0.455. The van der Waals surface area contributed by atoms with Gasteiger partial charge in [0, 0.05) is 18.4 Å². The van der Waals surface area contributed by atoms with E-state index in [4.69, 9.17) is 5.11 Å². The van der Waals surface area contributed by atoms with Gasteiger partial charge in [0.15, 0.2) is 0 Å². The number of aliphatic hydroxyl groups excluding tert-OH is 1. The van der Waals surface area contributed by atoms with Crippen molar-refractivity contribution in [3.63, 3.8) is 0 Å². The predicted molar refractivity (Wildman–Crippen MR) is 58.0 cm³/mol. The molecule has 4 nitrogen and oxygen atoms in total. The monoisotopic (exact) mass is 262 g/mol. The highest BCUT2D eigenvalue weighted by atomic mass is 19.4. The average molecular weight is 262 g/mol. The molecule has 0 aliphatic heterocycles. The van der Waals surface area contributed by atoms with Crippen LogP contribution in [0.1, 0.15) is 16.1 Å². The molecule has 0 spiro atoms. The summed E-state index contributed by atoms with van der Waals surface area (Å²) in [5, 5.41) is 8.70. The average Bonchev–Trinajstić information content (AvgIpc) is 2.27. The van der Waals surface area contributed by atoms with Gasteiger partial charge >= 0.3 is 6.18 Å². The molecule has 0 unspecified atom stereocenters. The van der Waals surface area contributed by atoms with Gasteiger partial charge in [0.05, 0.1) is 12.2 Å². The van der Waals surface area contributed by atoms with Gasteiger partial charge in [-0.15, -0.1) is 0 Å². The maximum Gasteiger partial charge on any atom is 0.406 e. The highest BCUT2D eigenvalue weighted by molar-refractivity contribution is 5.93. The van der Waals surface area contributed by atoms with Crippen LogP contribution in [0.25, 0.3) is 0 Å². The SMILES string of the molecule is Cc1ccc(C(=O)N(CCO)CC(F)(F)F)cn1. The Morgan fingerprint density at radius 2 is 2.11 bits per heavy atom. The lowest BCUT2D eigenvalue weighted by Gasteiger charge is -2.23. The molecule has 0 saturated carbocycles. The highest BCUT2D eigenvalue weighted by Gasteiger charge is 2.33. The molecule has 1 amide bonds. The van der Waals surface area contributed by atoms with E-state index in [2.05, 4.69) is 4.98 Å². The summed E-state index contributed by atoms with van der Waals surface area (Å²) in [5.41, 5.74) is 0.731. The van der Waals surface area contributed by atoms with Gasteiger partial charge in [-0.1, -0.05) is 0 Å². The number of amides is 1. The number of halogens is 3. The second-order valence-electron chi connectivity index (χ2n) is 3.75. The third kappa shape index (κ3) is 4.33. The molecule has 1 heterocycles. The van der Waals surface area contributed by atoms with Crippen molar-refractivity contribution in [2.24, 2.45) is 0 Å². The third-order valence-electron chi connectivity index (χ3n) is 2.19. The van der Waals surface area contributed by atoms with E-state index in [1.165, 1.54) is 18.3 Å². The van der Waals surface area contributed by atoms with E-state index >= 15 is 0 Å². The molecule has 0 atom stereocenters. The lowest BCUT2D eigenvalue weighted by Crippen LogP contribution is -2.40. The molecule has 1 aromatic heterocycles. The molecule has 0 saturated heterocycles. The van der Waals surface area contributed by atoms with Crippen LogP contribution in [0.5, 0.6) is 0 Å². The summed E-state index contributed by atoms with van der Waals surface area (Å²) in [6, 6.07) is 2.95. The number of aromatic nitrogens is 1. The zero-order valence-corrected chi connectivity index (χ0v) is 9.74. The number of hydrogen-bond acceptors (Lipinski definition) is 3. The van der Waals surface area contributed by atoms with Crippen LogP contribution >= 0.6 is 0 Å². The summed E-state index contributed by atoms with van der Waals surface area (Å²) in [5.74, 6) is -0.797. The molecule has 0 radical (unpaired) electrons. The van der Waals surface area contributed by atoms with E-state index < -0.39 is 25.2 Å². The number of hydrogen-bond donors (Lipinski definition) is 1. The van der Waals surface area contributed by atoms with E-state index in [1.54, 1.807) is 6.92 Å². The van der Waals surface area contributed by atoms with Crippen LogP contribution in [-0.2, 0) is 0 Å². The standard InChI is InChI=1S/C11H13F3N2O2/c1-8-2-3-9(6-15-8)10(18)16(4-5-17)7-11(12,13)14/h2-3,6,17H,4-5,7H2,1H3. The first-order chi connectivity index (χ1) is 8.33. The Labute approximate surface area is 102 Å². The number of pyridine rings is 1. The van der Waals surface area contributed by atoms with Gasteiger partial charge in [0.25, 0.3) is 5.91 Å². The number of alkyl halides is 3. The van der Waals surface area contributed by atoms with Crippen molar-refractivity contribution in [3.05, 3.63) is 29.6 Å². The first-order valence-corrected chi connectivity index (χ1v) is 5.23. The fourth-order valence-electron chi connectivity index (χ4n) is 1.37. The van der Waals surface area contributed by atoms with Crippen molar-refractivity contribution in [2.75, 3.05) is 19.7 Å². The van der Waals surface area contributed by atoms with Crippen LogP contribution in [0.3, 0.4) is 0 Å². The van der Waals surface area contributed by atoms with Gasteiger partial charge < -0.3 is 10.0 Å². The molecule has 0 aromatic carbocycles. The van der Waals surface area contributed by atoms with E-state index in [-0.39, 0.29) is 12.1 Å². The van der Waals surface area contributed by atoms with Gasteiger partial charge in [-0.25, -0.2) is 0 Å². The largest absolute Gasteiger partial charge is 0.406 e. The molecule has 7 heteroatoms. The summed E-state index contributed by atoms with van der Waals surface area (Å²) in [4.78, 5) is 16.2. The molecule has 100 valence electrons. The Balaban J connectivity index is 2.85. The van der Waals surface area contributed by atoms with Crippen LogP contribution in [0.2, 0.25) is 0 Å². The smallest absolute Gasteiger partial charge is 0.395 e. The summed E-state index contributed by atoms with van der Waals surface area (Å²) in [6.07, 6.45) is -3.28. The van der Waals surface area contributed by atoms with E-state index in [0.29, 0.717) is 10.6 Å². The van der Waals surface area contributed by atoms with E-state index in [0.717, 1.165) is 0 Å². The van der Waals surface area contributed by atoms with Crippen molar-refractivity contribution in [3.8, 4) is 0 Å². The lowest BCUT2D eigenvalue weighted by atomic mass is 10.2. The number of rotatable bonds is 4. The molecule has 0 bridgehead atoms. The number of carbonyl (C=O) groups is 1. The van der Waals surface area contributed by atoms with Crippen molar-refractivity contribution < 1.29 is 23.1 Å². The molecule has 18 heavy (non-hydrogen) atoms. The van der Waals surface area contributed by atoms with Crippen molar-refractivity contribution in [1.29, 1.82) is 0 Å². The van der Waals surface area contributed by atoms with Crippen LogP contribution in [0.4, 0.5) is 13.2 Å². The molecular weight excluding hydrogens is 249 g/mol. The Hall–Kier alpha value is -1.63. The number of nitrogens with zero attached hydrogens (tertiary/aromatic N) is 2. The second kappa shape index (κ2) is 5.81. The Morgan fingerprint density at radius 3 is 2.56 bits per heavy atom. The molecule has 0 fully saturated rings. The first-order valence-electron chi connectivity index (χ1n) is 5.23. The van der Waals surface area contributed by atoms with Crippen molar-refractivity contribution in [2.45, 2.75) is 13.1 Å². The van der Waals surface area contributed by atoms with E-state index in [1.807, 2.05) is 0 Å². The van der Waals surface area contributed by atoms with Crippen LogP contribution < -0.4 is 0 Å². The fourth-order valence-corrected chi connectivity index (χ4v) is 1.37. The molecule has 1 rings (SSSR count). The molecule has 0 aliphatic rings. The van der Waals surface area contributed by atoms with Gasteiger partial charge in [0.1, 0.15) is 6.54 Å². The third-order valence-corrected chi connectivity index (χ3v) is 2.19. The number of aliphatic hydroxyl groups is 1. The summed E-state index contributed by atoms with van der Waals surface area (Å²) in [7, 11) is 0. The van der Waals surface area contributed by atoms with Gasteiger partial charge in [0.2, 0.25) is 0 Å². The second-order valence-corrected chi connectivity index (χ2v) is 3.75. The van der Waals surface area contributed by atoms with E-state index in [9.17, 15) is 18.0 Å². The minimum Gasteiger partial charge on any atom is -0.395 e. The summed E-state index contributed by atoms with van der Waals surface area (Å²) in [6.45, 7) is -0.580. The van der Waals surface area contributed by atoms with Crippen molar-refractivity contribution >= 4 is 5.91 Å². The Kier molecular flexibility index (Phi) is 4.66. The minimum atomic E-state index is -4.50.